The van der Waals surface area contributed by atoms with Crippen molar-refractivity contribution in [3.05, 3.63) is 54.5 Å². The van der Waals surface area contributed by atoms with E-state index in [1.807, 2.05) is 13.8 Å². The summed E-state index contributed by atoms with van der Waals surface area (Å²) in [5.74, 6) is 1.48. The molecular weight excluding hydrogens is 309 g/mol. The second-order valence-corrected chi connectivity index (χ2v) is 5.92. The Hall–Kier alpha value is -2.82. The molecule has 0 aliphatic rings. The first-order valence-electron chi connectivity index (χ1n) is 7.71. The molecule has 5 heteroatoms. The van der Waals surface area contributed by atoms with E-state index in [-0.39, 0.29) is 11.6 Å². The van der Waals surface area contributed by atoms with E-state index >= 15 is 0 Å². The average Bonchev–Trinajstić information content (AvgIpc) is 3.04. The topological polar surface area (TPSA) is 55.5 Å². The molecule has 3 rings (SSSR count). The summed E-state index contributed by atoms with van der Waals surface area (Å²) < 4.78 is 24.4. The Balaban J connectivity index is 1.87. The van der Waals surface area contributed by atoms with Crippen LogP contribution < -0.4 is 4.74 Å². The average molecular weight is 327 g/mol. The first kappa shape index (κ1) is 16.1. The molecule has 0 radical (unpaired) electrons. The van der Waals surface area contributed by atoms with Gasteiger partial charge in [-0.05, 0) is 48.4 Å². The molecule has 0 bridgehead atoms. The van der Waals surface area contributed by atoms with E-state index in [2.05, 4.69) is 4.98 Å². The lowest BCUT2D eigenvalue weighted by molar-refractivity contribution is 0.259. The predicted octanol–water partition coefficient (Wildman–Crippen LogP) is 4.89. The molecule has 0 aliphatic heterocycles. The molecule has 0 spiro atoms. The number of aromatic nitrogens is 1. The number of halogens is 1. The second-order valence-electron chi connectivity index (χ2n) is 5.92. The molecule has 1 heterocycles. The third kappa shape index (κ3) is 3.56. The van der Waals surface area contributed by atoms with Crippen molar-refractivity contribution in [2.75, 3.05) is 6.61 Å². The van der Waals surface area contributed by atoms with Gasteiger partial charge in [-0.3, -0.25) is 0 Å². The minimum absolute atomic E-state index is 0.0812. The molecule has 0 unspecified atom stereocenters. The van der Waals surface area contributed by atoms with E-state index in [4.69, 9.17) is 9.15 Å². The molecular formula is C19H18FNO3. The van der Waals surface area contributed by atoms with Crippen molar-refractivity contribution >= 4 is 0 Å². The van der Waals surface area contributed by atoms with Crippen molar-refractivity contribution in [3.63, 3.8) is 0 Å². The van der Waals surface area contributed by atoms with Crippen LogP contribution in [0.1, 0.15) is 13.8 Å². The van der Waals surface area contributed by atoms with Crippen molar-refractivity contribution in [1.29, 1.82) is 0 Å². The number of ether oxygens (including phenoxy) is 1. The van der Waals surface area contributed by atoms with Crippen LogP contribution in [0.15, 0.2) is 53.1 Å². The molecule has 0 aliphatic carbocycles. The second kappa shape index (κ2) is 6.74. The highest BCUT2D eigenvalue weighted by Gasteiger charge is 2.12. The monoisotopic (exact) mass is 327 g/mol. The van der Waals surface area contributed by atoms with Crippen LogP contribution in [0.3, 0.4) is 0 Å². The molecule has 124 valence electrons. The Labute approximate surface area is 139 Å². The molecule has 1 aromatic heterocycles. The molecule has 24 heavy (non-hydrogen) atoms. The summed E-state index contributed by atoms with van der Waals surface area (Å²) in [7, 11) is 0. The zero-order valence-corrected chi connectivity index (χ0v) is 13.5. The highest BCUT2D eigenvalue weighted by atomic mass is 19.1. The molecule has 3 aromatic rings. The van der Waals surface area contributed by atoms with Crippen molar-refractivity contribution in [1.82, 2.24) is 4.98 Å². The van der Waals surface area contributed by atoms with E-state index < -0.39 is 0 Å². The largest absolute Gasteiger partial charge is 0.504 e. The lowest BCUT2D eigenvalue weighted by Gasteiger charge is -2.11. The van der Waals surface area contributed by atoms with Crippen molar-refractivity contribution in [2.45, 2.75) is 13.8 Å². The zero-order valence-electron chi connectivity index (χ0n) is 13.5. The Bertz CT molecular complexity index is 825. The number of nitrogens with zero attached hydrogens (tertiary/aromatic N) is 1. The molecule has 4 nitrogen and oxygen atoms in total. The van der Waals surface area contributed by atoms with E-state index in [0.717, 1.165) is 5.56 Å². The van der Waals surface area contributed by atoms with Crippen molar-refractivity contribution < 1.29 is 18.7 Å². The lowest BCUT2D eigenvalue weighted by atomic mass is 10.1. The van der Waals surface area contributed by atoms with Crippen LogP contribution in [-0.4, -0.2) is 16.7 Å². The van der Waals surface area contributed by atoms with Crippen LogP contribution in [0.4, 0.5) is 4.39 Å². The van der Waals surface area contributed by atoms with E-state index in [0.29, 0.717) is 35.5 Å². The van der Waals surface area contributed by atoms with Gasteiger partial charge in [0.1, 0.15) is 5.82 Å². The van der Waals surface area contributed by atoms with Gasteiger partial charge in [0.15, 0.2) is 17.3 Å². The number of hydrogen-bond acceptors (Lipinski definition) is 4. The number of benzene rings is 2. The van der Waals surface area contributed by atoms with Gasteiger partial charge in [0.25, 0.3) is 0 Å². The van der Waals surface area contributed by atoms with Gasteiger partial charge in [-0.15, -0.1) is 0 Å². The molecule has 1 N–H and O–H groups in total. The molecule has 0 amide bonds. The third-order valence-corrected chi connectivity index (χ3v) is 3.41. The number of oxazole rings is 1. The Kier molecular flexibility index (Phi) is 4.51. The summed E-state index contributed by atoms with van der Waals surface area (Å²) in [5, 5.41) is 9.90. The van der Waals surface area contributed by atoms with Crippen LogP contribution in [0, 0.1) is 11.7 Å². The fourth-order valence-electron chi connectivity index (χ4n) is 2.17. The fraction of sp³-hybridized carbons (Fsp3) is 0.211. The maximum Gasteiger partial charge on any atom is 0.226 e. The van der Waals surface area contributed by atoms with Gasteiger partial charge in [-0.1, -0.05) is 13.8 Å². The van der Waals surface area contributed by atoms with Crippen LogP contribution in [0.25, 0.3) is 22.8 Å². The number of rotatable bonds is 5. The fourth-order valence-corrected chi connectivity index (χ4v) is 2.17. The first-order valence-corrected chi connectivity index (χ1v) is 7.71. The number of aromatic hydroxyl groups is 1. The van der Waals surface area contributed by atoms with Gasteiger partial charge in [-0.25, -0.2) is 9.37 Å². The molecule has 0 saturated heterocycles. The molecule has 0 saturated carbocycles. The van der Waals surface area contributed by atoms with Crippen LogP contribution >= 0.6 is 0 Å². The van der Waals surface area contributed by atoms with E-state index in [1.165, 1.54) is 12.1 Å². The highest BCUT2D eigenvalue weighted by Crippen LogP contribution is 2.33. The Morgan fingerprint density at radius 3 is 2.54 bits per heavy atom. The number of hydrogen-bond donors (Lipinski definition) is 1. The number of phenols is 1. The van der Waals surface area contributed by atoms with Gasteiger partial charge in [0.05, 0.1) is 12.8 Å². The minimum atomic E-state index is -0.309. The highest BCUT2D eigenvalue weighted by molar-refractivity contribution is 5.64. The number of phenolic OH excluding ortho intramolecular Hbond substituents is 1. The van der Waals surface area contributed by atoms with Gasteiger partial charge in [-0.2, -0.15) is 0 Å². The van der Waals surface area contributed by atoms with Crippen LogP contribution in [0.5, 0.6) is 11.5 Å². The minimum Gasteiger partial charge on any atom is -0.504 e. The standard InChI is InChI=1S/C19H18FNO3/c1-12(2)11-23-17-9-14(5-8-16(17)22)18-10-21-19(24-18)13-3-6-15(20)7-4-13/h3-10,12,22H,11H2,1-2H3. The summed E-state index contributed by atoms with van der Waals surface area (Å²) in [6, 6.07) is 10.9. The molecule has 0 fully saturated rings. The maximum absolute atomic E-state index is 13.0. The Morgan fingerprint density at radius 2 is 1.83 bits per heavy atom. The lowest BCUT2D eigenvalue weighted by Crippen LogP contribution is -2.04. The Morgan fingerprint density at radius 1 is 1.12 bits per heavy atom. The van der Waals surface area contributed by atoms with Gasteiger partial charge >= 0.3 is 0 Å². The van der Waals surface area contributed by atoms with Crippen LogP contribution in [0.2, 0.25) is 0 Å². The normalized spacial score (nSPS) is 11.0. The summed E-state index contributed by atoms with van der Waals surface area (Å²) in [4.78, 5) is 4.23. The SMILES string of the molecule is CC(C)COc1cc(-c2cnc(-c3ccc(F)cc3)o2)ccc1O. The van der Waals surface area contributed by atoms with Gasteiger partial charge in [0.2, 0.25) is 5.89 Å². The molecule has 2 aromatic carbocycles. The smallest absolute Gasteiger partial charge is 0.226 e. The van der Waals surface area contributed by atoms with Crippen LogP contribution in [-0.2, 0) is 0 Å². The third-order valence-electron chi connectivity index (χ3n) is 3.41. The summed E-state index contributed by atoms with van der Waals surface area (Å²) in [6.45, 7) is 4.58. The van der Waals surface area contributed by atoms with Crippen molar-refractivity contribution in [2.24, 2.45) is 5.92 Å². The summed E-state index contributed by atoms with van der Waals surface area (Å²) >= 11 is 0. The van der Waals surface area contributed by atoms with E-state index in [1.54, 1.807) is 36.5 Å². The quantitative estimate of drug-likeness (QED) is 0.725. The van der Waals surface area contributed by atoms with Gasteiger partial charge in [0, 0.05) is 11.1 Å². The predicted molar refractivity (Wildman–Crippen MR) is 89.3 cm³/mol. The summed E-state index contributed by atoms with van der Waals surface area (Å²) in [5.41, 5.74) is 1.44. The van der Waals surface area contributed by atoms with Crippen molar-refractivity contribution in [3.8, 4) is 34.3 Å². The first-order chi connectivity index (χ1) is 11.5. The zero-order chi connectivity index (χ0) is 17.1. The maximum atomic E-state index is 13.0. The van der Waals surface area contributed by atoms with E-state index in [9.17, 15) is 9.50 Å². The van der Waals surface area contributed by atoms with Gasteiger partial charge < -0.3 is 14.3 Å². The summed E-state index contributed by atoms with van der Waals surface area (Å²) in [6.07, 6.45) is 1.59. The molecule has 0 atom stereocenters.